The maximum Gasteiger partial charge on any atom is 0.224 e. The molecule has 4 nitrogen and oxygen atoms in total. The summed E-state index contributed by atoms with van der Waals surface area (Å²) < 4.78 is 0. The van der Waals surface area contributed by atoms with Crippen molar-refractivity contribution < 1.29 is 4.79 Å². The Bertz CT molecular complexity index is 626. The minimum Gasteiger partial charge on any atom is -0.352 e. The van der Waals surface area contributed by atoms with Gasteiger partial charge >= 0.3 is 0 Å². The molecule has 0 radical (unpaired) electrons. The number of fused-ring (bicyclic) bond motifs is 1. The standard InChI is InChI=1S/C16H19N3O.ClH/c1-11-8-17-10-14(11)16(20)19-9-13-5-2-4-12-6-3-7-18-15(12)13;/h2-7,11,14,17H,8-10H2,1H3,(H,19,20);1H/t11-,14-;/m1./s1. The van der Waals surface area contributed by atoms with Crippen LogP contribution in [0.1, 0.15) is 12.5 Å². The van der Waals surface area contributed by atoms with Gasteiger partial charge in [0.1, 0.15) is 0 Å². The van der Waals surface area contributed by atoms with Crippen LogP contribution in [0.4, 0.5) is 0 Å². The summed E-state index contributed by atoms with van der Waals surface area (Å²) in [7, 11) is 0. The molecular formula is C16H20ClN3O. The Morgan fingerprint density at radius 3 is 2.90 bits per heavy atom. The molecule has 112 valence electrons. The summed E-state index contributed by atoms with van der Waals surface area (Å²) >= 11 is 0. The van der Waals surface area contributed by atoms with E-state index < -0.39 is 0 Å². The number of amides is 1. The third kappa shape index (κ3) is 3.34. The van der Waals surface area contributed by atoms with Gasteiger partial charge in [0.15, 0.2) is 0 Å². The van der Waals surface area contributed by atoms with E-state index in [9.17, 15) is 4.79 Å². The number of carbonyl (C=O) groups excluding carboxylic acids is 1. The molecule has 1 aromatic heterocycles. The zero-order chi connectivity index (χ0) is 13.9. The van der Waals surface area contributed by atoms with Gasteiger partial charge in [0, 0.05) is 24.7 Å². The largest absolute Gasteiger partial charge is 0.352 e. The number of hydrogen-bond acceptors (Lipinski definition) is 3. The SMILES string of the molecule is C[C@@H]1CNC[C@H]1C(=O)NCc1cccc2cccnc12.Cl. The van der Waals surface area contributed by atoms with Crippen molar-refractivity contribution in [1.29, 1.82) is 0 Å². The van der Waals surface area contributed by atoms with Gasteiger partial charge in [-0.15, -0.1) is 12.4 Å². The normalized spacial score (nSPS) is 21.0. The molecule has 1 aliphatic heterocycles. The molecule has 21 heavy (non-hydrogen) atoms. The Morgan fingerprint density at radius 2 is 2.14 bits per heavy atom. The molecule has 1 saturated heterocycles. The van der Waals surface area contributed by atoms with E-state index in [0.29, 0.717) is 12.5 Å². The number of carbonyl (C=O) groups is 1. The highest BCUT2D eigenvalue weighted by molar-refractivity contribution is 5.85. The Hall–Kier alpha value is -1.65. The lowest BCUT2D eigenvalue weighted by molar-refractivity contribution is -0.125. The van der Waals surface area contributed by atoms with Crippen molar-refractivity contribution in [3.8, 4) is 0 Å². The van der Waals surface area contributed by atoms with Crippen LogP contribution in [0.5, 0.6) is 0 Å². The fourth-order valence-corrected chi connectivity index (χ4v) is 2.78. The summed E-state index contributed by atoms with van der Waals surface area (Å²) in [5, 5.41) is 7.41. The molecular weight excluding hydrogens is 286 g/mol. The fourth-order valence-electron chi connectivity index (χ4n) is 2.78. The molecule has 1 aromatic carbocycles. The number of nitrogens with one attached hydrogen (secondary N) is 2. The summed E-state index contributed by atoms with van der Waals surface area (Å²) in [4.78, 5) is 16.6. The molecule has 2 N–H and O–H groups in total. The third-order valence-corrected chi connectivity index (χ3v) is 4.02. The molecule has 0 saturated carbocycles. The van der Waals surface area contributed by atoms with Crippen LogP contribution in [-0.2, 0) is 11.3 Å². The zero-order valence-electron chi connectivity index (χ0n) is 12.0. The summed E-state index contributed by atoms with van der Waals surface area (Å²) in [6.07, 6.45) is 1.79. The smallest absolute Gasteiger partial charge is 0.224 e. The second-order valence-electron chi connectivity index (χ2n) is 5.45. The Morgan fingerprint density at radius 1 is 1.33 bits per heavy atom. The van der Waals surface area contributed by atoms with Gasteiger partial charge in [-0.05, 0) is 24.1 Å². The van der Waals surface area contributed by atoms with Crippen molar-refractivity contribution in [2.45, 2.75) is 13.5 Å². The number of hydrogen-bond donors (Lipinski definition) is 2. The Labute approximate surface area is 130 Å². The van der Waals surface area contributed by atoms with Crippen LogP contribution in [0.15, 0.2) is 36.5 Å². The Balaban J connectivity index is 0.00000161. The van der Waals surface area contributed by atoms with E-state index in [1.54, 1.807) is 6.20 Å². The topological polar surface area (TPSA) is 54.0 Å². The van der Waals surface area contributed by atoms with Crippen LogP contribution >= 0.6 is 12.4 Å². The van der Waals surface area contributed by atoms with Crippen LogP contribution in [-0.4, -0.2) is 24.0 Å². The molecule has 1 fully saturated rings. The highest BCUT2D eigenvalue weighted by Gasteiger charge is 2.29. The molecule has 1 amide bonds. The highest BCUT2D eigenvalue weighted by atomic mass is 35.5. The number of rotatable bonds is 3. The lowest BCUT2D eigenvalue weighted by atomic mass is 9.97. The average Bonchev–Trinajstić information content (AvgIpc) is 2.91. The van der Waals surface area contributed by atoms with Gasteiger partial charge in [-0.3, -0.25) is 9.78 Å². The van der Waals surface area contributed by atoms with Gasteiger partial charge in [-0.2, -0.15) is 0 Å². The van der Waals surface area contributed by atoms with Crippen LogP contribution in [0.2, 0.25) is 0 Å². The first-order chi connectivity index (χ1) is 9.75. The first-order valence-corrected chi connectivity index (χ1v) is 7.07. The number of halogens is 1. The van der Waals surface area contributed by atoms with Gasteiger partial charge < -0.3 is 10.6 Å². The van der Waals surface area contributed by atoms with Crippen molar-refractivity contribution in [2.24, 2.45) is 11.8 Å². The Kier molecular flexibility index (Phi) is 5.15. The maximum atomic E-state index is 12.2. The second-order valence-corrected chi connectivity index (χ2v) is 5.45. The minimum absolute atomic E-state index is 0. The van der Waals surface area contributed by atoms with Gasteiger partial charge in [-0.1, -0.05) is 31.2 Å². The van der Waals surface area contributed by atoms with Crippen molar-refractivity contribution in [3.05, 3.63) is 42.1 Å². The third-order valence-electron chi connectivity index (χ3n) is 4.02. The molecule has 3 rings (SSSR count). The van der Waals surface area contributed by atoms with E-state index in [0.717, 1.165) is 29.6 Å². The number of aromatic nitrogens is 1. The molecule has 0 bridgehead atoms. The van der Waals surface area contributed by atoms with Crippen molar-refractivity contribution in [1.82, 2.24) is 15.6 Å². The van der Waals surface area contributed by atoms with E-state index in [1.165, 1.54) is 0 Å². The number of nitrogens with zero attached hydrogens (tertiary/aromatic N) is 1. The van der Waals surface area contributed by atoms with Crippen molar-refractivity contribution in [2.75, 3.05) is 13.1 Å². The molecule has 0 aliphatic carbocycles. The van der Waals surface area contributed by atoms with Crippen LogP contribution in [0.3, 0.4) is 0 Å². The average molecular weight is 306 g/mol. The van der Waals surface area contributed by atoms with Crippen LogP contribution < -0.4 is 10.6 Å². The summed E-state index contributed by atoms with van der Waals surface area (Å²) in [6, 6.07) is 10.0. The lowest BCUT2D eigenvalue weighted by Gasteiger charge is -2.14. The zero-order valence-corrected chi connectivity index (χ0v) is 12.8. The van der Waals surface area contributed by atoms with E-state index >= 15 is 0 Å². The molecule has 2 heterocycles. The second kappa shape index (κ2) is 6.87. The fraction of sp³-hybridized carbons (Fsp3) is 0.375. The number of para-hydroxylation sites is 1. The quantitative estimate of drug-likeness (QED) is 0.913. The van der Waals surface area contributed by atoms with Gasteiger partial charge in [0.25, 0.3) is 0 Å². The maximum absolute atomic E-state index is 12.2. The minimum atomic E-state index is 0. The predicted molar refractivity (Wildman–Crippen MR) is 86.4 cm³/mol. The molecule has 2 atom stereocenters. The molecule has 1 aliphatic rings. The number of pyridine rings is 1. The number of benzene rings is 1. The first kappa shape index (κ1) is 15.7. The van der Waals surface area contributed by atoms with Crippen LogP contribution in [0, 0.1) is 11.8 Å². The summed E-state index contributed by atoms with van der Waals surface area (Å²) in [5.41, 5.74) is 2.03. The van der Waals surface area contributed by atoms with Gasteiger partial charge in [-0.25, -0.2) is 0 Å². The highest BCUT2D eigenvalue weighted by Crippen LogP contribution is 2.18. The predicted octanol–water partition coefficient (Wildman–Crippen LogP) is 2.13. The van der Waals surface area contributed by atoms with E-state index in [-0.39, 0.29) is 24.2 Å². The van der Waals surface area contributed by atoms with Crippen LogP contribution in [0.25, 0.3) is 10.9 Å². The molecule has 0 spiro atoms. The molecule has 5 heteroatoms. The summed E-state index contributed by atoms with van der Waals surface area (Å²) in [6.45, 7) is 4.36. The monoisotopic (exact) mass is 305 g/mol. The van der Waals surface area contributed by atoms with E-state index in [1.807, 2.05) is 30.3 Å². The van der Waals surface area contributed by atoms with Crippen molar-refractivity contribution in [3.63, 3.8) is 0 Å². The molecule has 2 aromatic rings. The van der Waals surface area contributed by atoms with E-state index in [2.05, 4.69) is 22.5 Å². The lowest BCUT2D eigenvalue weighted by Crippen LogP contribution is -2.33. The van der Waals surface area contributed by atoms with Crippen molar-refractivity contribution >= 4 is 29.2 Å². The first-order valence-electron chi connectivity index (χ1n) is 7.07. The summed E-state index contributed by atoms with van der Waals surface area (Å²) in [5.74, 6) is 0.619. The molecule has 0 unspecified atom stereocenters. The van der Waals surface area contributed by atoms with Gasteiger partial charge in [0.05, 0.1) is 11.4 Å². The van der Waals surface area contributed by atoms with E-state index in [4.69, 9.17) is 0 Å². The van der Waals surface area contributed by atoms with Gasteiger partial charge in [0.2, 0.25) is 5.91 Å².